The van der Waals surface area contributed by atoms with Gasteiger partial charge in [-0.05, 0) is 55.2 Å². The Kier molecular flexibility index (Phi) is 4.23. The largest absolute Gasteiger partial charge is 0.399 e. The Morgan fingerprint density at radius 1 is 1.10 bits per heavy atom. The number of anilines is 2. The molecule has 0 unspecified atom stereocenters. The van der Waals surface area contributed by atoms with Gasteiger partial charge in [0.15, 0.2) is 0 Å². The highest BCUT2D eigenvalue weighted by molar-refractivity contribution is 7.92. The molecule has 0 amide bonds. The summed E-state index contributed by atoms with van der Waals surface area (Å²) in [4.78, 5) is 0.222. The molecular weight excluding hydrogens is 284 g/mol. The quantitative estimate of drug-likeness (QED) is 0.852. The number of nitrogen functional groups attached to an aromatic ring is 1. The average Bonchev–Trinajstić information content (AvgIpc) is 2.43. The van der Waals surface area contributed by atoms with Crippen LogP contribution in [0, 0.1) is 13.8 Å². The standard InChI is InChI=1S/C16H20N2O2S/c1-4-13-7-5-6-11(2)16(13)18-21(19,20)14-8-9-15(17)12(3)10-14/h5-10,18H,4,17H2,1-3H3. The van der Waals surface area contributed by atoms with Crippen LogP contribution in [0.15, 0.2) is 41.3 Å². The fraction of sp³-hybridized carbons (Fsp3) is 0.250. The maximum atomic E-state index is 12.5. The number of nitrogens with two attached hydrogens (primary N) is 1. The highest BCUT2D eigenvalue weighted by atomic mass is 32.2. The zero-order chi connectivity index (χ0) is 15.6. The third-order valence-electron chi connectivity index (χ3n) is 3.53. The van der Waals surface area contributed by atoms with Crippen LogP contribution in [0.4, 0.5) is 11.4 Å². The van der Waals surface area contributed by atoms with Gasteiger partial charge in [0.2, 0.25) is 0 Å². The minimum atomic E-state index is -3.61. The van der Waals surface area contributed by atoms with E-state index in [-0.39, 0.29) is 4.90 Å². The van der Waals surface area contributed by atoms with Gasteiger partial charge in [0.05, 0.1) is 10.6 Å². The molecule has 0 bridgehead atoms. The van der Waals surface area contributed by atoms with E-state index in [1.807, 2.05) is 32.0 Å². The molecule has 5 heteroatoms. The molecule has 2 rings (SSSR count). The van der Waals surface area contributed by atoms with Crippen molar-refractivity contribution < 1.29 is 8.42 Å². The maximum Gasteiger partial charge on any atom is 0.261 e. The number of sulfonamides is 1. The molecule has 0 heterocycles. The van der Waals surface area contributed by atoms with Crippen molar-refractivity contribution in [1.29, 1.82) is 0 Å². The van der Waals surface area contributed by atoms with Crippen LogP contribution in [0.1, 0.15) is 23.6 Å². The van der Waals surface area contributed by atoms with Crippen molar-refractivity contribution in [2.24, 2.45) is 0 Å². The fourth-order valence-corrected chi connectivity index (χ4v) is 3.44. The van der Waals surface area contributed by atoms with Crippen LogP contribution in [0.5, 0.6) is 0 Å². The van der Waals surface area contributed by atoms with Crippen LogP contribution >= 0.6 is 0 Å². The monoisotopic (exact) mass is 304 g/mol. The van der Waals surface area contributed by atoms with Gasteiger partial charge in [0, 0.05) is 5.69 Å². The number of hydrogen-bond acceptors (Lipinski definition) is 3. The first-order chi connectivity index (χ1) is 9.85. The molecule has 0 aliphatic carbocycles. The Bertz CT molecular complexity index is 768. The Morgan fingerprint density at radius 2 is 1.81 bits per heavy atom. The van der Waals surface area contributed by atoms with Crippen molar-refractivity contribution in [2.75, 3.05) is 10.5 Å². The van der Waals surface area contributed by atoms with Crippen LogP contribution < -0.4 is 10.5 Å². The molecule has 0 aliphatic rings. The molecule has 0 saturated carbocycles. The summed E-state index contributed by atoms with van der Waals surface area (Å²) >= 11 is 0. The van der Waals surface area contributed by atoms with E-state index in [2.05, 4.69) is 4.72 Å². The second-order valence-electron chi connectivity index (χ2n) is 5.09. The Morgan fingerprint density at radius 3 is 2.43 bits per heavy atom. The molecule has 0 aliphatic heterocycles. The smallest absolute Gasteiger partial charge is 0.261 e. The number of para-hydroxylation sites is 1. The minimum Gasteiger partial charge on any atom is -0.399 e. The Balaban J connectivity index is 2.44. The molecule has 112 valence electrons. The van der Waals surface area contributed by atoms with Gasteiger partial charge in [0.25, 0.3) is 10.0 Å². The van der Waals surface area contributed by atoms with Gasteiger partial charge < -0.3 is 5.73 Å². The SMILES string of the molecule is CCc1cccc(C)c1NS(=O)(=O)c1ccc(N)c(C)c1. The van der Waals surface area contributed by atoms with Gasteiger partial charge in [-0.1, -0.05) is 25.1 Å². The van der Waals surface area contributed by atoms with Crippen molar-refractivity contribution in [3.63, 3.8) is 0 Å². The van der Waals surface area contributed by atoms with Crippen LogP contribution in [-0.4, -0.2) is 8.42 Å². The molecular formula is C16H20N2O2S. The molecule has 0 aromatic heterocycles. The highest BCUT2D eigenvalue weighted by Gasteiger charge is 2.17. The molecule has 21 heavy (non-hydrogen) atoms. The minimum absolute atomic E-state index is 0.222. The van der Waals surface area contributed by atoms with E-state index in [4.69, 9.17) is 5.73 Å². The van der Waals surface area contributed by atoms with Crippen molar-refractivity contribution in [1.82, 2.24) is 0 Å². The van der Waals surface area contributed by atoms with E-state index in [0.717, 1.165) is 23.1 Å². The summed E-state index contributed by atoms with van der Waals surface area (Å²) in [5.74, 6) is 0. The normalized spacial score (nSPS) is 11.4. The predicted octanol–water partition coefficient (Wildman–Crippen LogP) is 3.25. The average molecular weight is 304 g/mol. The zero-order valence-corrected chi connectivity index (χ0v) is 13.3. The summed E-state index contributed by atoms with van der Waals surface area (Å²) in [6.45, 7) is 5.69. The lowest BCUT2D eigenvalue weighted by molar-refractivity contribution is 0.601. The summed E-state index contributed by atoms with van der Waals surface area (Å²) in [7, 11) is -3.61. The summed E-state index contributed by atoms with van der Waals surface area (Å²) in [5, 5.41) is 0. The Labute approximate surface area is 126 Å². The predicted molar refractivity (Wildman–Crippen MR) is 87.0 cm³/mol. The molecule has 0 fully saturated rings. The first kappa shape index (κ1) is 15.4. The third-order valence-corrected chi connectivity index (χ3v) is 4.88. The molecule has 0 saturated heterocycles. The van der Waals surface area contributed by atoms with E-state index < -0.39 is 10.0 Å². The van der Waals surface area contributed by atoms with E-state index in [9.17, 15) is 8.42 Å². The molecule has 0 radical (unpaired) electrons. The van der Waals surface area contributed by atoms with E-state index in [1.54, 1.807) is 19.1 Å². The van der Waals surface area contributed by atoms with Crippen molar-refractivity contribution >= 4 is 21.4 Å². The second kappa shape index (κ2) is 5.77. The third kappa shape index (κ3) is 3.19. The van der Waals surface area contributed by atoms with Crippen LogP contribution in [0.3, 0.4) is 0 Å². The number of nitrogens with one attached hydrogen (secondary N) is 1. The number of aryl methyl sites for hydroxylation is 3. The van der Waals surface area contributed by atoms with Crippen molar-refractivity contribution in [3.8, 4) is 0 Å². The van der Waals surface area contributed by atoms with Crippen LogP contribution in [0.25, 0.3) is 0 Å². The van der Waals surface area contributed by atoms with Gasteiger partial charge in [-0.3, -0.25) is 4.72 Å². The van der Waals surface area contributed by atoms with Gasteiger partial charge >= 0.3 is 0 Å². The second-order valence-corrected chi connectivity index (χ2v) is 6.77. The van der Waals surface area contributed by atoms with Crippen LogP contribution in [-0.2, 0) is 16.4 Å². The molecule has 0 spiro atoms. The number of hydrogen-bond donors (Lipinski definition) is 2. The lowest BCUT2D eigenvalue weighted by Gasteiger charge is -2.15. The zero-order valence-electron chi connectivity index (χ0n) is 12.5. The van der Waals surface area contributed by atoms with Gasteiger partial charge in [-0.25, -0.2) is 8.42 Å². The summed E-state index contributed by atoms with van der Waals surface area (Å²) in [6.07, 6.45) is 0.764. The first-order valence-electron chi connectivity index (χ1n) is 6.82. The molecule has 2 aromatic carbocycles. The number of benzene rings is 2. The van der Waals surface area contributed by atoms with Gasteiger partial charge in [0.1, 0.15) is 0 Å². The first-order valence-corrected chi connectivity index (χ1v) is 8.31. The lowest BCUT2D eigenvalue weighted by atomic mass is 10.1. The summed E-state index contributed by atoms with van der Waals surface area (Å²) in [5.41, 5.74) is 9.62. The topological polar surface area (TPSA) is 72.2 Å². The maximum absolute atomic E-state index is 12.5. The van der Waals surface area contributed by atoms with E-state index in [0.29, 0.717) is 11.4 Å². The van der Waals surface area contributed by atoms with Crippen molar-refractivity contribution in [2.45, 2.75) is 32.1 Å². The summed E-state index contributed by atoms with van der Waals surface area (Å²) in [6, 6.07) is 10.5. The molecule has 2 aromatic rings. The van der Waals surface area contributed by atoms with Gasteiger partial charge in [-0.2, -0.15) is 0 Å². The van der Waals surface area contributed by atoms with Crippen LogP contribution in [0.2, 0.25) is 0 Å². The molecule has 0 atom stereocenters. The molecule has 4 nitrogen and oxygen atoms in total. The Hall–Kier alpha value is -2.01. The van der Waals surface area contributed by atoms with E-state index >= 15 is 0 Å². The highest BCUT2D eigenvalue weighted by Crippen LogP contribution is 2.25. The number of rotatable bonds is 4. The van der Waals surface area contributed by atoms with Crippen molar-refractivity contribution in [3.05, 3.63) is 53.1 Å². The van der Waals surface area contributed by atoms with Gasteiger partial charge in [-0.15, -0.1) is 0 Å². The molecule has 3 N–H and O–H groups in total. The summed E-state index contributed by atoms with van der Waals surface area (Å²) < 4.78 is 27.8. The lowest BCUT2D eigenvalue weighted by Crippen LogP contribution is -2.15. The fourth-order valence-electron chi connectivity index (χ4n) is 2.18. The van der Waals surface area contributed by atoms with E-state index in [1.165, 1.54) is 6.07 Å².